The van der Waals surface area contributed by atoms with Crippen molar-refractivity contribution in [3.63, 3.8) is 0 Å². The third-order valence-electron chi connectivity index (χ3n) is 6.40. The zero-order valence-corrected chi connectivity index (χ0v) is 20.7. The lowest BCUT2D eigenvalue weighted by Crippen LogP contribution is -2.47. The van der Waals surface area contributed by atoms with E-state index in [0.29, 0.717) is 22.7 Å². The van der Waals surface area contributed by atoms with Crippen LogP contribution in [0.25, 0.3) is 11.4 Å². The minimum atomic E-state index is -0.996. The molecule has 196 valence electrons. The number of aromatic nitrogens is 4. The second kappa shape index (κ2) is 12.4. The Bertz CT molecular complexity index is 1180. The molecule has 2 aromatic carbocycles. The molecule has 1 atom stereocenters. The summed E-state index contributed by atoms with van der Waals surface area (Å²) in [4.78, 5) is 29.5. The van der Waals surface area contributed by atoms with Crippen LogP contribution < -0.4 is 10.1 Å². The van der Waals surface area contributed by atoms with Crippen molar-refractivity contribution in [1.29, 1.82) is 0 Å². The van der Waals surface area contributed by atoms with Crippen molar-refractivity contribution < 1.29 is 23.8 Å². The average molecular weight is 511 g/mol. The summed E-state index contributed by atoms with van der Waals surface area (Å²) in [5, 5.41) is 24.9. The Balaban J connectivity index is 1.57. The summed E-state index contributed by atoms with van der Waals surface area (Å²) >= 11 is 0. The van der Waals surface area contributed by atoms with E-state index in [0.717, 1.165) is 25.7 Å². The molecule has 1 fully saturated rings. The number of nitrogens with one attached hydrogen (secondary N) is 1. The monoisotopic (exact) mass is 510 g/mol. The molecule has 11 heteroatoms. The van der Waals surface area contributed by atoms with E-state index in [1.54, 1.807) is 31.4 Å². The van der Waals surface area contributed by atoms with E-state index in [1.165, 1.54) is 34.0 Å². The van der Waals surface area contributed by atoms with Gasteiger partial charge in [-0.2, -0.15) is 4.80 Å². The first-order valence-electron chi connectivity index (χ1n) is 12.4. The van der Waals surface area contributed by atoms with Crippen molar-refractivity contribution in [3.05, 3.63) is 59.9 Å². The number of halogens is 1. The quantitative estimate of drug-likeness (QED) is 0.406. The first kappa shape index (κ1) is 26.2. The van der Waals surface area contributed by atoms with Crippen LogP contribution in [0.5, 0.6) is 5.75 Å². The summed E-state index contributed by atoms with van der Waals surface area (Å²) in [6, 6.07) is 11.7. The molecule has 1 heterocycles. The topological polar surface area (TPSA) is 122 Å². The van der Waals surface area contributed by atoms with E-state index >= 15 is 0 Å². The van der Waals surface area contributed by atoms with Crippen LogP contribution in [-0.2, 0) is 16.1 Å². The highest BCUT2D eigenvalue weighted by atomic mass is 19.1. The highest BCUT2D eigenvalue weighted by Crippen LogP contribution is 2.25. The predicted molar refractivity (Wildman–Crippen MR) is 133 cm³/mol. The smallest absolute Gasteiger partial charge is 0.247 e. The molecular formula is C26H31FN6O4. The van der Waals surface area contributed by atoms with E-state index in [1.807, 2.05) is 0 Å². The van der Waals surface area contributed by atoms with Crippen LogP contribution >= 0.6 is 0 Å². The molecule has 2 N–H and O–H groups in total. The molecule has 3 aromatic rings. The van der Waals surface area contributed by atoms with Gasteiger partial charge in [0.05, 0.1) is 7.11 Å². The van der Waals surface area contributed by atoms with Gasteiger partial charge in [0.25, 0.3) is 0 Å². The van der Waals surface area contributed by atoms with Crippen molar-refractivity contribution in [2.75, 3.05) is 20.3 Å². The van der Waals surface area contributed by atoms with Crippen LogP contribution in [0, 0.1) is 5.82 Å². The van der Waals surface area contributed by atoms with Gasteiger partial charge in [0.1, 0.15) is 24.2 Å². The molecule has 37 heavy (non-hydrogen) atoms. The minimum Gasteiger partial charge on any atom is -0.497 e. The zero-order chi connectivity index (χ0) is 26.2. The number of nitrogens with zero attached hydrogens (tertiary/aromatic N) is 5. The Morgan fingerprint density at radius 1 is 1.16 bits per heavy atom. The van der Waals surface area contributed by atoms with Crippen molar-refractivity contribution in [3.8, 4) is 17.1 Å². The number of rotatable bonds is 11. The highest BCUT2D eigenvalue weighted by molar-refractivity contribution is 5.89. The van der Waals surface area contributed by atoms with Gasteiger partial charge in [0.2, 0.25) is 17.6 Å². The number of benzene rings is 2. The number of carbonyl (C=O) groups excluding carboxylic acids is 2. The number of tetrazole rings is 1. The van der Waals surface area contributed by atoms with E-state index in [4.69, 9.17) is 4.74 Å². The van der Waals surface area contributed by atoms with Crippen LogP contribution in [0.3, 0.4) is 0 Å². The molecule has 0 bridgehead atoms. The van der Waals surface area contributed by atoms with E-state index in [2.05, 4.69) is 20.7 Å². The van der Waals surface area contributed by atoms with Gasteiger partial charge in [-0.15, -0.1) is 10.2 Å². The van der Waals surface area contributed by atoms with Crippen molar-refractivity contribution >= 4 is 11.8 Å². The van der Waals surface area contributed by atoms with E-state index in [-0.39, 0.29) is 38.1 Å². The largest absolute Gasteiger partial charge is 0.497 e. The van der Waals surface area contributed by atoms with Crippen molar-refractivity contribution in [2.45, 2.75) is 50.7 Å². The maximum atomic E-state index is 13.7. The minimum absolute atomic E-state index is 0.0364. The van der Waals surface area contributed by atoms with Crippen LogP contribution in [0.15, 0.2) is 48.5 Å². The maximum absolute atomic E-state index is 13.7. The van der Waals surface area contributed by atoms with E-state index < -0.39 is 17.8 Å². The molecule has 0 saturated heterocycles. The molecule has 1 saturated carbocycles. The third-order valence-corrected chi connectivity index (χ3v) is 6.40. The number of ether oxygens (including phenoxy) is 1. The summed E-state index contributed by atoms with van der Waals surface area (Å²) in [5.74, 6) is -0.178. The van der Waals surface area contributed by atoms with Gasteiger partial charge in [-0.25, -0.2) is 4.39 Å². The Morgan fingerprint density at radius 3 is 2.51 bits per heavy atom. The second-order valence-electron chi connectivity index (χ2n) is 8.98. The molecule has 0 radical (unpaired) electrons. The zero-order valence-electron chi connectivity index (χ0n) is 20.7. The Labute approximate surface area is 214 Å². The Morgan fingerprint density at radius 2 is 1.86 bits per heavy atom. The fourth-order valence-corrected chi connectivity index (χ4v) is 4.48. The van der Waals surface area contributed by atoms with Crippen molar-refractivity contribution in [1.82, 2.24) is 30.4 Å². The normalized spacial score (nSPS) is 14.4. The third kappa shape index (κ3) is 6.67. The first-order chi connectivity index (χ1) is 18.0. The van der Waals surface area contributed by atoms with Gasteiger partial charge in [-0.1, -0.05) is 25.0 Å². The molecule has 2 amide bonds. The number of hydrogen-bond acceptors (Lipinski definition) is 7. The first-order valence-corrected chi connectivity index (χ1v) is 12.4. The van der Waals surface area contributed by atoms with Gasteiger partial charge in [0, 0.05) is 24.8 Å². The van der Waals surface area contributed by atoms with Crippen LogP contribution in [-0.4, -0.2) is 68.3 Å². The van der Waals surface area contributed by atoms with Crippen LogP contribution in [0.1, 0.15) is 43.7 Å². The molecular weight excluding hydrogens is 479 g/mol. The molecule has 0 spiro atoms. The number of aliphatic hydroxyl groups is 1. The Hall–Kier alpha value is -3.86. The molecule has 1 aliphatic carbocycles. The molecule has 1 aromatic heterocycles. The molecule has 0 aliphatic heterocycles. The molecule has 0 unspecified atom stereocenters. The van der Waals surface area contributed by atoms with Gasteiger partial charge >= 0.3 is 0 Å². The van der Waals surface area contributed by atoms with Crippen molar-refractivity contribution in [2.24, 2.45) is 0 Å². The van der Waals surface area contributed by atoms with Gasteiger partial charge in [-0.3, -0.25) is 9.59 Å². The lowest BCUT2D eigenvalue weighted by Gasteiger charge is -2.32. The fraction of sp³-hybridized carbons (Fsp3) is 0.423. The fourth-order valence-electron chi connectivity index (χ4n) is 4.48. The van der Waals surface area contributed by atoms with Gasteiger partial charge in [-0.05, 0) is 66.4 Å². The van der Waals surface area contributed by atoms with Crippen LogP contribution in [0.2, 0.25) is 0 Å². The number of carbonyl (C=O) groups is 2. The lowest BCUT2D eigenvalue weighted by molar-refractivity contribution is -0.142. The molecule has 4 rings (SSSR count). The average Bonchev–Trinajstić information content (AvgIpc) is 3.59. The standard InChI is InChI=1S/C26H31FN6O4/c1-37-22-13-9-19(10-14-22)25-29-31-33(30-25)17-23(35)32(15-4-16-34)24(18-7-11-20(27)12-8-18)26(36)28-21-5-2-3-6-21/h7-14,21,24,34H,2-6,15-17H2,1H3,(H,28,36)/t24-/m0/s1. The summed E-state index contributed by atoms with van der Waals surface area (Å²) in [6.45, 7) is -0.300. The Kier molecular flexibility index (Phi) is 8.78. The lowest BCUT2D eigenvalue weighted by atomic mass is 10.0. The summed E-state index contributed by atoms with van der Waals surface area (Å²) in [7, 11) is 1.57. The summed E-state index contributed by atoms with van der Waals surface area (Å²) < 4.78 is 18.8. The second-order valence-corrected chi connectivity index (χ2v) is 8.98. The van der Waals surface area contributed by atoms with E-state index in [9.17, 15) is 19.1 Å². The number of methoxy groups -OCH3 is 1. The highest BCUT2D eigenvalue weighted by Gasteiger charge is 2.33. The maximum Gasteiger partial charge on any atom is 0.247 e. The predicted octanol–water partition coefficient (Wildman–Crippen LogP) is 2.50. The summed E-state index contributed by atoms with van der Waals surface area (Å²) in [6.07, 6.45) is 4.09. The van der Waals surface area contributed by atoms with Crippen LogP contribution in [0.4, 0.5) is 4.39 Å². The summed E-state index contributed by atoms with van der Waals surface area (Å²) in [5.41, 5.74) is 1.19. The van der Waals surface area contributed by atoms with Gasteiger partial charge in [0.15, 0.2) is 0 Å². The SMILES string of the molecule is COc1ccc(-c2nnn(CC(=O)N(CCCO)[C@H](C(=O)NC3CCCC3)c3ccc(F)cc3)n2)cc1. The molecule has 1 aliphatic rings. The number of hydrogen-bond donors (Lipinski definition) is 2. The number of amides is 2. The molecule has 10 nitrogen and oxygen atoms in total. The van der Waals surface area contributed by atoms with Gasteiger partial charge < -0.3 is 20.1 Å². The number of aliphatic hydroxyl groups excluding tert-OH is 1.